The summed E-state index contributed by atoms with van der Waals surface area (Å²) >= 11 is 0.0714. The first-order valence-electron chi connectivity index (χ1n) is 7.64. The molecule has 0 spiro atoms. The average molecular weight is 438 g/mol. The van der Waals surface area contributed by atoms with Gasteiger partial charge in [0.1, 0.15) is 0 Å². The predicted octanol–water partition coefficient (Wildman–Crippen LogP) is 1.47. The molecule has 1 aromatic rings. The Bertz CT molecular complexity index is 512. The molecule has 128 valence electrons. The first kappa shape index (κ1) is 19.6. The van der Waals surface area contributed by atoms with Crippen LogP contribution in [0.2, 0.25) is 0 Å². The number of esters is 1. The Morgan fingerprint density at radius 3 is 2.27 bits per heavy atom. The molecule has 22 heavy (non-hydrogen) atoms. The second-order valence-corrected chi connectivity index (χ2v) is 17.9. The van der Waals surface area contributed by atoms with Crippen LogP contribution < -0.4 is 19.8 Å². The van der Waals surface area contributed by atoms with Crippen LogP contribution in [-0.4, -0.2) is 31.5 Å². The van der Waals surface area contributed by atoms with Gasteiger partial charge in [0.25, 0.3) is 0 Å². The molecule has 1 rings (SSSR count). The molecule has 0 amide bonds. The summed E-state index contributed by atoms with van der Waals surface area (Å²) in [5.74, 6) is -0.311. The van der Waals surface area contributed by atoms with E-state index in [1.165, 1.54) is 13.2 Å². The molecule has 0 aromatic carbocycles. The molecule has 0 saturated heterocycles. The molecule has 0 bridgehead atoms. The zero-order valence-corrected chi connectivity index (χ0v) is 17.6. The van der Waals surface area contributed by atoms with Gasteiger partial charge in [0, 0.05) is 0 Å². The summed E-state index contributed by atoms with van der Waals surface area (Å²) in [6, 6.07) is 2.09. The summed E-state index contributed by atoms with van der Waals surface area (Å²) in [7, 11) is 0.546. The number of aromatic nitrogens is 1. The van der Waals surface area contributed by atoms with E-state index in [0.29, 0.717) is 10.5 Å². The maximum absolute atomic E-state index is 11.2. The van der Waals surface area contributed by atoms with Crippen molar-refractivity contribution in [3.63, 3.8) is 0 Å². The molecule has 0 saturated carbocycles. The third-order valence-electron chi connectivity index (χ3n) is 3.27. The molecule has 1 heterocycles. The van der Waals surface area contributed by atoms with Crippen molar-refractivity contribution in [2.75, 3.05) is 7.11 Å². The van der Waals surface area contributed by atoms with Crippen LogP contribution in [0, 0.1) is 0 Å². The zero-order valence-electron chi connectivity index (χ0n) is 14.7. The van der Waals surface area contributed by atoms with E-state index in [1.807, 2.05) is 6.08 Å². The van der Waals surface area contributed by atoms with Gasteiger partial charge in [0.15, 0.2) is 0 Å². The summed E-state index contributed by atoms with van der Waals surface area (Å²) in [4.78, 5) is 11.2. The van der Waals surface area contributed by atoms with E-state index >= 15 is 0 Å². The maximum atomic E-state index is 11.2. The number of ether oxygens (including phenoxy) is 1. The van der Waals surface area contributed by atoms with Crippen LogP contribution in [0.15, 0.2) is 24.5 Å². The Balaban J connectivity index is 3.19. The van der Waals surface area contributed by atoms with Gasteiger partial charge >= 0.3 is 146 Å². The fraction of sp³-hybridized carbons (Fsp3) is 0.588. The third kappa shape index (κ3) is 4.54. The Morgan fingerprint density at radius 2 is 1.82 bits per heavy atom. The molecule has 0 atom stereocenters. The summed E-state index contributed by atoms with van der Waals surface area (Å²) in [6.45, 7) is 14.1. The first-order chi connectivity index (χ1) is 10.2. The van der Waals surface area contributed by atoms with Crippen LogP contribution >= 0.6 is 7.39 Å². The van der Waals surface area contributed by atoms with Gasteiger partial charge in [-0.15, -0.1) is 0 Å². The van der Waals surface area contributed by atoms with Gasteiger partial charge in [0.05, 0.1) is 0 Å². The second kappa shape index (κ2) is 8.43. The minimum atomic E-state index is -0.854. The third-order valence-corrected chi connectivity index (χ3v) is 20.4. The van der Waals surface area contributed by atoms with E-state index in [1.54, 1.807) is 0 Å². The number of rotatable bonds is 7. The molecule has 0 fully saturated rings. The summed E-state index contributed by atoms with van der Waals surface area (Å²) in [5.41, 5.74) is 1.07. The summed E-state index contributed by atoms with van der Waals surface area (Å²) < 4.78 is 7.91. The summed E-state index contributed by atoms with van der Waals surface area (Å²) in [6.07, 6.45) is 7.73. The number of halogens is 1. The van der Waals surface area contributed by atoms with Crippen molar-refractivity contribution >= 4 is 19.4 Å². The van der Waals surface area contributed by atoms with E-state index in [0.717, 1.165) is 9.49 Å². The number of carbonyl (C=O) groups is 1. The number of hydrogen-bond donors (Lipinski definition) is 0. The number of nitrogens with zero attached hydrogens (tertiary/aromatic N) is 1. The van der Waals surface area contributed by atoms with Crippen molar-refractivity contribution in [3.8, 4) is 0 Å². The van der Waals surface area contributed by atoms with Crippen molar-refractivity contribution in [2.45, 2.75) is 56.0 Å². The zero-order chi connectivity index (χ0) is 16.9. The van der Waals surface area contributed by atoms with Crippen LogP contribution in [0.4, 0.5) is 0 Å². The van der Waals surface area contributed by atoms with Gasteiger partial charge in [-0.25, -0.2) is 0 Å². The molecule has 0 aliphatic heterocycles. The van der Waals surface area contributed by atoms with Crippen molar-refractivity contribution in [1.29, 1.82) is 0 Å². The molecule has 0 aliphatic rings. The Hall–Kier alpha value is -0.430. The minimum absolute atomic E-state index is 0.0714. The van der Waals surface area contributed by atoms with Gasteiger partial charge in [-0.3, -0.25) is 0 Å². The van der Waals surface area contributed by atoms with Crippen LogP contribution in [0.1, 0.15) is 47.1 Å². The first-order valence-corrected chi connectivity index (χ1v) is 13.1. The van der Waals surface area contributed by atoms with E-state index < -0.39 is 7.39 Å². The van der Waals surface area contributed by atoms with Crippen molar-refractivity contribution in [3.05, 3.63) is 30.1 Å². The van der Waals surface area contributed by atoms with Crippen LogP contribution in [-0.2, 0) is 9.53 Å². The molecule has 1 aromatic heterocycles. The van der Waals surface area contributed by atoms with Gasteiger partial charge in [-0.1, -0.05) is 0 Å². The van der Waals surface area contributed by atoms with E-state index in [4.69, 9.17) is 0 Å². The number of carbonyl (C=O) groups excluding carboxylic acids is 1. The van der Waals surface area contributed by atoms with Gasteiger partial charge < -0.3 is 0 Å². The fourth-order valence-electron chi connectivity index (χ4n) is 2.47. The molecule has 0 radical (unpaired) electrons. The van der Waals surface area contributed by atoms with Gasteiger partial charge in [0.2, 0.25) is 0 Å². The number of hydrogen-bond acceptors (Lipinski definition) is 2. The molecule has 0 unspecified atom stereocenters. The Labute approximate surface area is 145 Å². The quantitative estimate of drug-likeness (QED) is 0.280. The molecule has 0 N–H and O–H groups in total. The van der Waals surface area contributed by atoms with E-state index in [-0.39, 0.29) is 25.8 Å². The fourth-order valence-corrected chi connectivity index (χ4v) is 16.1. The standard InChI is InChI=1S/C17H29INO2S/c1-13(2)18-22(14(3)4,15(5)6)19-11-10-16(12-19)8-9-17(20)21-7/h8-15H,1-7H3/q-1/b9-8+. The number of alkyl halides is 1. The Morgan fingerprint density at radius 1 is 1.23 bits per heavy atom. The van der Waals surface area contributed by atoms with Crippen molar-refractivity contribution in [2.24, 2.45) is 0 Å². The van der Waals surface area contributed by atoms with Crippen molar-refractivity contribution < 1.29 is 29.4 Å². The van der Waals surface area contributed by atoms with Crippen LogP contribution in [0.25, 0.3) is 6.08 Å². The normalized spacial score (nSPS) is 13.7. The average Bonchev–Trinajstić information content (AvgIpc) is 2.90. The van der Waals surface area contributed by atoms with Gasteiger partial charge in [-0.05, 0) is 0 Å². The van der Waals surface area contributed by atoms with E-state index in [9.17, 15) is 4.79 Å². The molecular weight excluding hydrogens is 409 g/mol. The topological polar surface area (TPSA) is 31.2 Å². The molecule has 0 aliphatic carbocycles. The van der Waals surface area contributed by atoms with Crippen LogP contribution in [0.3, 0.4) is 0 Å². The van der Waals surface area contributed by atoms with E-state index in [2.05, 4.69) is 68.7 Å². The molecule has 3 nitrogen and oxygen atoms in total. The molecule has 5 heteroatoms. The van der Waals surface area contributed by atoms with Gasteiger partial charge in [-0.2, -0.15) is 0 Å². The SMILES string of the molecule is COC(=O)/C=C/c1ccn(S([I-]C(C)C)(C(C)C)C(C)C)c1. The molecular formula is C17H29INO2S-. The van der Waals surface area contributed by atoms with Crippen LogP contribution in [0.5, 0.6) is 0 Å². The van der Waals surface area contributed by atoms with Crippen molar-refractivity contribution in [1.82, 2.24) is 3.97 Å². The number of methoxy groups -OCH3 is 1. The monoisotopic (exact) mass is 438 g/mol. The predicted molar refractivity (Wildman–Crippen MR) is 93.9 cm³/mol. The Kier molecular flexibility index (Phi) is 7.52. The second-order valence-electron chi connectivity index (χ2n) is 5.96. The summed E-state index contributed by atoms with van der Waals surface area (Å²) in [5, 5.41) is 1.32.